The standard InChI is InChI=1S/C15H31N3O/c1-11(14(19)17-16)12(2)18-9-6-7-13(8-10-18)15(3,4)5/h11-13H,6-10,16H2,1-5H3,(H,17,19). The highest BCUT2D eigenvalue weighted by molar-refractivity contribution is 5.78. The van der Waals surface area contributed by atoms with Crippen LogP contribution in [0.25, 0.3) is 0 Å². The van der Waals surface area contributed by atoms with Gasteiger partial charge in [0, 0.05) is 6.04 Å². The van der Waals surface area contributed by atoms with Crippen LogP contribution in [0.4, 0.5) is 0 Å². The van der Waals surface area contributed by atoms with Crippen LogP contribution in [-0.4, -0.2) is 29.9 Å². The minimum absolute atomic E-state index is 0.0591. The largest absolute Gasteiger partial charge is 0.300 e. The molecule has 0 bridgehead atoms. The van der Waals surface area contributed by atoms with Crippen LogP contribution in [0.3, 0.4) is 0 Å². The van der Waals surface area contributed by atoms with E-state index in [1.54, 1.807) is 0 Å². The van der Waals surface area contributed by atoms with Crippen molar-refractivity contribution in [2.75, 3.05) is 13.1 Å². The summed E-state index contributed by atoms with van der Waals surface area (Å²) in [5.74, 6) is 5.89. The number of nitrogens with zero attached hydrogens (tertiary/aromatic N) is 1. The number of carbonyl (C=O) groups is 1. The molecule has 4 heteroatoms. The quantitative estimate of drug-likeness (QED) is 0.469. The number of hydrogen-bond acceptors (Lipinski definition) is 3. The lowest BCUT2D eigenvalue weighted by Crippen LogP contribution is -2.46. The molecule has 4 nitrogen and oxygen atoms in total. The molecule has 0 aromatic carbocycles. The van der Waals surface area contributed by atoms with Gasteiger partial charge in [-0.3, -0.25) is 15.1 Å². The lowest BCUT2D eigenvalue weighted by atomic mass is 9.77. The summed E-state index contributed by atoms with van der Waals surface area (Å²) in [6, 6.07) is 0.252. The Labute approximate surface area is 118 Å². The van der Waals surface area contributed by atoms with Gasteiger partial charge in [-0.05, 0) is 50.6 Å². The van der Waals surface area contributed by atoms with Crippen molar-refractivity contribution in [1.82, 2.24) is 10.3 Å². The summed E-state index contributed by atoms with van der Waals surface area (Å²) in [5.41, 5.74) is 2.66. The third kappa shape index (κ3) is 4.46. The summed E-state index contributed by atoms with van der Waals surface area (Å²) in [4.78, 5) is 14.1. The fraction of sp³-hybridized carbons (Fsp3) is 0.933. The van der Waals surface area contributed by atoms with E-state index in [1.807, 2.05) is 6.92 Å². The Balaban J connectivity index is 2.59. The Morgan fingerprint density at radius 3 is 2.42 bits per heavy atom. The highest BCUT2D eigenvalue weighted by Gasteiger charge is 2.30. The molecule has 0 radical (unpaired) electrons. The van der Waals surface area contributed by atoms with E-state index in [0.29, 0.717) is 5.41 Å². The molecule has 3 atom stereocenters. The number of hydrazine groups is 1. The fourth-order valence-corrected chi connectivity index (χ4v) is 3.06. The highest BCUT2D eigenvalue weighted by Crippen LogP contribution is 2.34. The van der Waals surface area contributed by atoms with E-state index in [9.17, 15) is 4.79 Å². The molecule has 3 unspecified atom stereocenters. The normalized spacial score (nSPS) is 25.5. The average Bonchev–Trinajstić information content (AvgIpc) is 2.61. The van der Waals surface area contributed by atoms with Gasteiger partial charge in [-0.1, -0.05) is 27.7 Å². The van der Waals surface area contributed by atoms with Crippen LogP contribution in [-0.2, 0) is 4.79 Å². The maximum atomic E-state index is 11.6. The van der Waals surface area contributed by atoms with Crippen LogP contribution in [0.5, 0.6) is 0 Å². The first-order chi connectivity index (χ1) is 8.77. The summed E-state index contributed by atoms with van der Waals surface area (Å²) < 4.78 is 0. The van der Waals surface area contributed by atoms with Gasteiger partial charge in [0.15, 0.2) is 0 Å². The fourth-order valence-electron chi connectivity index (χ4n) is 3.06. The van der Waals surface area contributed by atoms with E-state index in [4.69, 9.17) is 5.84 Å². The van der Waals surface area contributed by atoms with E-state index in [2.05, 4.69) is 38.0 Å². The molecule has 0 saturated carbocycles. The summed E-state index contributed by atoms with van der Waals surface area (Å²) in [6.07, 6.45) is 3.75. The molecule has 3 N–H and O–H groups in total. The highest BCUT2D eigenvalue weighted by atomic mass is 16.2. The summed E-state index contributed by atoms with van der Waals surface area (Å²) >= 11 is 0. The minimum atomic E-state index is -0.0656. The van der Waals surface area contributed by atoms with Crippen molar-refractivity contribution in [3.63, 3.8) is 0 Å². The molecule has 1 fully saturated rings. The van der Waals surface area contributed by atoms with Gasteiger partial charge >= 0.3 is 0 Å². The molecule has 0 aliphatic carbocycles. The van der Waals surface area contributed by atoms with Crippen molar-refractivity contribution in [1.29, 1.82) is 0 Å². The van der Waals surface area contributed by atoms with Gasteiger partial charge in [-0.15, -0.1) is 0 Å². The Kier molecular flexibility index (Phi) is 5.81. The van der Waals surface area contributed by atoms with E-state index in [-0.39, 0.29) is 17.9 Å². The lowest BCUT2D eigenvalue weighted by molar-refractivity contribution is -0.126. The van der Waals surface area contributed by atoms with E-state index < -0.39 is 0 Å². The molecule has 0 spiro atoms. The molecule has 1 amide bonds. The van der Waals surface area contributed by atoms with E-state index in [1.165, 1.54) is 19.3 Å². The molecular weight excluding hydrogens is 238 g/mol. The van der Waals surface area contributed by atoms with Crippen molar-refractivity contribution in [3.05, 3.63) is 0 Å². The third-order valence-corrected chi connectivity index (χ3v) is 4.84. The predicted molar refractivity (Wildman–Crippen MR) is 79.3 cm³/mol. The average molecular weight is 269 g/mol. The summed E-state index contributed by atoms with van der Waals surface area (Å²) in [5, 5.41) is 0. The number of amides is 1. The zero-order valence-electron chi connectivity index (χ0n) is 13.2. The third-order valence-electron chi connectivity index (χ3n) is 4.84. The first-order valence-electron chi connectivity index (χ1n) is 7.52. The molecular formula is C15H31N3O. The van der Waals surface area contributed by atoms with Gasteiger partial charge < -0.3 is 0 Å². The van der Waals surface area contributed by atoms with E-state index in [0.717, 1.165) is 19.0 Å². The number of hydrogen-bond donors (Lipinski definition) is 2. The molecule has 0 aromatic rings. The second kappa shape index (κ2) is 6.71. The van der Waals surface area contributed by atoms with Crippen molar-refractivity contribution in [3.8, 4) is 0 Å². The number of nitrogens with one attached hydrogen (secondary N) is 1. The van der Waals surface area contributed by atoms with Gasteiger partial charge in [0.1, 0.15) is 0 Å². The second-order valence-electron chi connectivity index (χ2n) is 7.07. The van der Waals surface area contributed by atoms with E-state index >= 15 is 0 Å². The maximum Gasteiger partial charge on any atom is 0.238 e. The van der Waals surface area contributed by atoms with Crippen LogP contribution in [0.1, 0.15) is 53.9 Å². The lowest BCUT2D eigenvalue weighted by Gasteiger charge is -2.32. The molecule has 0 aromatic heterocycles. The van der Waals surface area contributed by atoms with Crippen molar-refractivity contribution < 1.29 is 4.79 Å². The van der Waals surface area contributed by atoms with Crippen molar-refractivity contribution in [2.45, 2.75) is 59.9 Å². The topological polar surface area (TPSA) is 58.4 Å². The summed E-state index contributed by atoms with van der Waals surface area (Å²) in [6.45, 7) is 13.3. The molecule has 19 heavy (non-hydrogen) atoms. The number of nitrogens with two attached hydrogens (primary N) is 1. The number of likely N-dealkylation sites (tertiary alicyclic amines) is 1. The molecule has 1 saturated heterocycles. The van der Waals surface area contributed by atoms with Gasteiger partial charge in [0.25, 0.3) is 0 Å². The molecule has 1 rings (SSSR count). The maximum absolute atomic E-state index is 11.6. The smallest absolute Gasteiger partial charge is 0.238 e. The van der Waals surface area contributed by atoms with Gasteiger partial charge in [-0.2, -0.15) is 0 Å². The van der Waals surface area contributed by atoms with Gasteiger partial charge in [-0.25, -0.2) is 5.84 Å². The molecule has 1 aliphatic rings. The van der Waals surface area contributed by atoms with Crippen LogP contribution < -0.4 is 11.3 Å². The second-order valence-corrected chi connectivity index (χ2v) is 7.07. The summed E-state index contributed by atoms with van der Waals surface area (Å²) in [7, 11) is 0. The van der Waals surface area contributed by atoms with Crippen molar-refractivity contribution >= 4 is 5.91 Å². The Hall–Kier alpha value is -0.610. The first-order valence-corrected chi connectivity index (χ1v) is 7.52. The minimum Gasteiger partial charge on any atom is -0.300 e. The molecule has 1 aliphatic heterocycles. The van der Waals surface area contributed by atoms with Crippen LogP contribution in [0, 0.1) is 17.3 Å². The van der Waals surface area contributed by atoms with Crippen molar-refractivity contribution in [2.24, 2.45) is 23.1 Å². The number of rotatable bonds is 3. The monoisotopic (exact) mass is 269 g/mol. The first kappa shape index (κ1) is 16.4. The zero-order chi connectivity index (χ0) is 14.6. The Morgan fingerprint density at radius 1 is 1.26 bits per heavy atom. The molecule has 1 heterocycles. The van der Waals surface area contributed by atoms with Gasteiger partial charge in [0.05, 0.1) is 5.92 Å². The van der Waals surface area contributed by atoms with Crippen LogP contribution in [0.2, 0.25) is 0 Å². The van der Waals surface area contributed by atoms with Crippen LogP contribution >= 0.6 is 0 Å². The van der Waals surface area contributed by atoms with Gasteiger partial charge in [0.2, 0.25) is 5.91 Å². The molecule has 112 valence electrons. The number of carbonyl (C=O) groups excluding carboxylic acids is 1. The SMILES string of the molecule is CC(C(=O)NN)C(C)N1CCCC(C(C)(C)C)CC1. The zero-order valence-corrected chi connectivity index (χ0v) is 13.2. The Bertz CT molecular complexity index is 298. The van der Waals surface area contributed by atoms with Crippen LogP contribution in [0.15, 0.2) is 0 Å². The Morgan fingerprint density at radius 2 is 1.89 bits per heavy atom. The predicted octanol–water partition coefficient (Wildman–Crippen LogP) is 2.15.